The SMILES string of the molecule is CC(C)(C(=O)Nc1ccncc1)C(N)=S. The molecule has 1 heterocycles. The Balaban J connectivity index is 2.77. The highest BCUT2D eigenvalue weighted by atomic mass is 32.1. The molecule has 0 aliphatic rings. The number of hydrogen-bond acceptors (Lipinski definition) is 3. The first kappa shape index (κ1) is 11.6. The number of carbonyl (C=O) groups is 1. The number of hydrogen-bond donors (Lipinski definition) is 2. The average Bonchev–Trinajstić information content (AvgIpc) is 2.18. The highest BCUT2D eigenvalue weighted by Gasteiger charge is 2.30. The number of nitrogens with zero attached hydrogens (tertiary/aromatic N) is 1. The maximum absolute atomic E-state index is 11.8. The second kappa shape index (κ2) is 4.35. The topological polar surface area (TPSA) is 68.0 Å². The van der Waals surface area contributed by atoms with Crippen LogP contribution in [0.2, 0.25) is 0 Å². The third kappa shape index (κ3) is 2.73. The average molecular weight is 223 g/mol. The fourth-order valence-corrected chi connectivity index (χ4v) is 0.927. The van der Waals surface area contributed by atoms with Crippen molar-refractivity contribution in [2.75, 3.05) is 5.32 Å². The lowest BCUT2D eigenvalue weighted by Gasteiger charge is -2.21. The van der Waals surface area contributed by atoms with Gasteiger partial charge in [-0.15, -0.1) is 0 Å². The van der Waals surface area contributed by atoms with Crippen molar-refractivity contribution in [2.24, 2.45) is 11.1 Å². The first-order valence-corrected chi connectivity index (χ1v) is 4.87. The molecule has 1 aromatic heterocycles. The van der Waals surface area contributed by atoms with Crippen LogP contribution in [-0.4, -0.2) is 15.9 Å². The number of aromatic nitrogens is 1. The Labute approximate surface area is 93.9 Å². The van der Waals surface area contributed by atoms with E-state index in [1.54, 1.807) is 38.4 Å². The summed E-state index contributed by atoms with van der Waals surface area (Å²) in [5.41, 5.74) is 5.31. The van der Waals surface area contributed by atoms with Gasteiger partial charge in [0, 0.05) is 18.1 Å². The van der Waals surface area contributed by atoms with E-state index >= 15 is 0 Å². The van der Waals surface area contributed by atoms with Crippen LogP contribution in [0, 0.1) is 5.41 Å². The zero-order chi connectivity index (χ0) is 11.5. The summed E-state index contributed by atoms with van der Waals surface area (Å²) in [5.74, 6) is -0.221. The molecule has 1 amide bonds. The van der Waals surface area contributed by atoms with E-state index in [1.165, 1.54) is 0 Å². The normalized spacial score (nSPS) is 10.8. The van der Waals surface area contributed by atoms with Gasteiger partial charge in [-0.2, -0.15) is 0 Å². The predicted molar refractivity (Wildman–Crippen MR) is 63.4 cm³/mol. The lowest BCUT2D eigenvalue weighted by atomic mass is 9.92. The molecular weight excluding hydrogens is 210 g/mol. The van der Waals surface area contributed by atoms with Gasteiger partial charge in [0.15, 0.2) is 0 Å². The monoisotopic (exact) mass is 223 g/mol. The Morgan fingerprint density at radius 1 is 1.47 bits per heavy atom. The standard InChI is InChI=1S/C10H13N3OS/c1-10(2,8(11)15)9(14)13-7-3-5-12-6-4-7/h3-6H,1-2H3,(H2,11,15)(H,12,13,14). The van der Waals surface area contributed by atoms with Gasteiger partial charge in [-0.1, -0.05) is 12.2 Å². The van der Waals surface area contributed by atoms with Gasteiger partial charge < -0.3 is 11.1 Å². The Kier molecular flexibility index (Phi) is 3.36. The molecule has 0 spiro atoms. The lowest BCUT2D eigenvalue weighted by Crippen LogP contribution is -2.41. The number of thiocarbonyl (C=S) groups is 1. The zero-order valence-corrected chi connectivity index (χ0v) is 9.47. The highest BCUT2D eigenvalue weighted by molar-refractivity contribution is 7.80. The zero-order valence-electron chi connectivity index (χ0n) is 8.65. The molecule has 0 aromatic carbocycles. The quantitative estimate of drug-likeness (QED) is 0.759. The molecule has 0 radical (unpaired) electrons. The fourth-order valence-electron chi connectivity index (χ4n) is 0.834. The number of amides is 1. The van der Waals surface area contributed by atoms with Crippen LogP contribution in [0.25, 0.3) is 0 Å². The molecule has 0 aliphatic heterocycles. The molecule has 4 nitrogen and oxygen atoms in total. The van der Waals surface area contributed by atoms with Gasteiger partial charge in [0.2, 0.25) is 5.91 Å². The van der Waals surface area contributed by atoms with Crippen molar-refractivity contribution in [2.45, 2.75) is 13.8 Å². The van der Waals surface area contributed by atoms with Gasteiger partial charge in [-0.05, 0) is 26.0 Å². The van der Waals surface area contributed by atoms with E-state index in [2.05, 4.69) is 10.3 Å². The molecule has 0 unspecified atom stereocenters. The minimum atomic E-state index is -0.849. The van der Waals surface area contributed by atoms with Gasteiger partial charge in [-0.3, -0.25) is 9.78 Å². The van der Waals surface area contributed by atoms with Gasteiger partial charge >= 0.3 is 0 Å². The second-order valence-electron chi connectivity index (χ2n) is 3.68. The van der Waals surface area contributed by atoms with Crippen molar-refractivity contribution in [3.05, 3.63) is 24.5 Å². The van der Waals surface area contributed by atoms with Crippen LogP contribution in [-0.2, 0) is 4.79 Å². The minimum Gasteiger partial charge on any atom is -0.392 e. The van der Waals surface area contributed by atoms with Gasteiger partial charge in [0.1, 0.15) is 0 Å². The maximum Gasteiger partial charge on any atom is 0.236 e. The van der Waals surface area contributed by atoms with Crippen LogP contribution < -0.4 is 11.1 Å². The summed E-state index contributed by atoms with van der Waals surface area (Å²) in [6.07, 6.45) is 3.20. The summed E-state index contributed by atoms with van der Waals surface area (Å²) in [6.45, 7) is 3.37. The summed E-state index contributed by atoms with van der Waals surface area (Å²) in [4.78, 5) is 15.8. The molecule has 0 saturated carbocycles. The highest BCUT2D eigenvalue weighted by Crippen LogP contribution is 2.18. The van der Waals surface area contributed by atoms with E-state index < -0.39 is 5.41 Å². The predicted octanol–water partition coefficient (Wildman–Crippen LogP) is 1.33. The number of carbonyl (C=O) groups excluding carboxylic acids is 1. The molecule has 3 N–H and O–H groups in total. The lowest BCUT2D eigenvalue weighted by molar-refractivity contribution is -0.121. The van der Waals surface area contributed by atoms with Crippen LogP contribution in [0.3, 0.4) is 0 Å². The van der Waals surface area contributed by atoms with Crippen LogP contribution in [0.15, 0.2) is 24.5 Å². The van der Waals surface area contributed by atoms with Crippen molar-refractivity contribution in [1.82, 2.24) is 4.98 Å². The Morgan fingerprint density at radius 3 is 2.47 bits per heavy atom. The van der Waals surface area contributed by atoms with Crippen molar-refractivity contribution in [1.29, 1.82) is 0 Å². The summed E-state index contributed by atoms with van der Waals surface area (Å²) in [6, 6.07) is 3.40. The molecule has 0 saturated heterocycles. The summed E-state index contributed by atoms with van der Waals surface area (Å²) in [7, 11) is 0. The fraction of sp³-hybridized carbons (Fsp3) is 0.300. The van der Waals surface area contributed by atoms with E-state index in [-0.39, 0.29) is 10.9 Å². The van der Waals surface area contributed by atoms with E-state index in [0.29, 0.717) is 5.69 Å². The minimum absolute atomic E-state index is 0.175. The second-order valence-corrected chi connectivity index (χ2v) is 4.12. The largest absolute Gasteiger partial charge is 0.392 e. The number of nitrogens with one attached hydrogen (secondary N) is 1. The van der Waals surface area contributed by atoms with Gasteiger partial charge in [0.25, 0.3) is 0 Å². The van der Waals surface area contributed by atoms with Crippen LogP contribution in [0.5, 0.6) is 0 Å². The van der Waals surface area contributed by atoms with E-state index in [4.69, 9.17) is 18.0 Å². The molecule has 5 heteroatoms. The number of rotatable bonds is 3. The molecule has 1 rings (SSSR count). The smallest absolute Gasteiger partial charge is 0.236 e. The van der Waals surface area contributed by atoms with Crippen LogP contribution >= 0.6 is 12.2 Å². The molecule has 15 heavy (non-hydrogen) atoms. The number of pyridine rings is 1. The maximum atomic E-state index is 11.8. The van der Waals surface area contributed by atoms with E-state index in [0.717, 1.165) is 0 Å². The summed E-state index contributed by atoms with van der Waals surface area (Å²) >= 11 is 4.83. The number of nitrogens with two attached hydrogens (primary N) is 1. The van der Waals surface area contributed by atoms with Crippen LogP contribution in [0.4, 0.5) is 5.69 Å². The third-order valence-electron chi connectivity index (χ3n) is 2.12. The van der Waals surface area contributed by atoms with Gasteiger partial charge in [-0.25, -0.2) is 0 Å². The van der Waals surface area contributed by atoms with E-state index in [1.807, 2.05) is 0 Å². The van der Waals surface area contributed by atoms with E-state index in [9.17, 15) is 4.79 Å². The summed E-state index contributed by atoms with van der Waals surface area (Å²) < 4.78 is 0. The molecule has 0 bridgehead atoms. The Morgan fingerprint density at radius 2 is 2.00 bits per heavy atom. The molecule has 0 fully saturated rings. The first-order valence-electron chi connectivity index (χ1n) is 4.46. The van der Waals surface area contributed by atoms with Crippen molar-refractivity contribution < 1.29 is 4.79 Å². The molecule has 0 aliphatic carbocycles. The molecule has 80 valence electrons. The Bertz CT molecular complexity index is 376. The first-order chi connectivity index (χ1) is 6.94. The molecule has 0 atom stereocenters. The van der Waals surface area contributed by atoms with Crippen molar-refractivity contribution in [3.63, 3.8) is 0 Å². The molecular formula is C10H13N3OS. The van der Waals surface area contributed by atoms with Crippen molar-refractivity contribution in [3.8, 4) is 0 Å². The summed E-state index contributed by atoms with van der Waals surface area (Å²) in [5, 5.41) is 2.72. The number of anilines is 1. The van der Waals surface area contributed by atoms with Crippen molar-refractivity contribution >= 4 is 28.8 Å². The molecule has 1 aromatic rings. The van der Waals surface area contributed by atoms with Crippen LogP contribution in [0.1, 0.15) is 13.8 Å². The van der Waals surface area contributed by atoms with Gasteiger partial charge in [0.05, 0.1) is 10.4 Å². The third-order valence-corrected chi connectivity index (χ3v) is 2.63. The Hall–Kier alpha value is -1.49.